The Bertz CT molecular complexity index is 506. The largest absolute Gasteiger partial charge is 0.477 e. The van der Waals surface area contributed by atoms with Crippen LogP contribution in [0.1, 0.15) is 16.1 Å². The average molecular weight is 187 g/mol. The zero-order valence-corrected chi connectivity index (χ0v) is 7.69. The summed E-state index contributed by atoms with van der Waals surface area (Å²) in [6, 6.07) is 7.36. The molecule has 0 aliphatic carbocycles. The highest BCUT2D eigenvalue weighted by molar-refractivity contribution is 5.92. The Morgan fingerprint density at radius 3 is 2.93 bits per heavy atom. The van der Waals surface area contributed by atoms with Crippen molar-refractivity contribution in [1.29, 1.82) is 0 Å². The smallest absolute Gasteiger partial charge is 0.354 e. The summed E-state index contributed by atoms with van der Waals surface area (Å²) < 4.78 is 0. The second-order valence-corrected chi connectivity index (χ2v) is 3.17. The lowest BCUT2D eigenvalue weighted by atomic mass is 10.1. The number of benzene rings is 1. The zero-order chi connectivity index (χ0) is 10.1. The van der Waals surface area contributed by atoms with E-state index in [4.69, 9.17) is 5.11 Å². The van der Waals surface area contributed by atoms with Crippen LogP contribution in [-0.4, -0.2) is 16.1 Å². The fraction of sp³-hybridized carbons (Fsp3) is 0.0909. The summed E-state index contributed by atoms with van der Waals surface area (Å²) in [5.74, 6) is -0.992. The number of carboxylic acid groups (broad SMARTS) is 1. The highest BCUT2D eigenvalue weighted by Crippen LogP contribution is 2.17. The van der Waals surface area contributed by atoms with E-state index in [0.717, 1.165) is 16.3 Å². The van der Waals surface area contributed by atoms with Gasteiger partial charge in [-0.25, -0.2) is 9.78 Å². The lowest BCUT2D eigenvalue weighted by Crippen LogP contribution is -1.99. The summed E-state index contributed by atoms with van der Waals surface area (Å²) in [4.78, 5) is 14.5. The van der Waals surface area contributed by atoms with Crippen molar-refractivity contribution in [3.63, 3.8) is 0 Å². The molecule has 0 fully saturated rings. The number of pyridine rings is 1. The third kappa shape index (κ3) is 1.33. The fourth-order valence-corrected chi connectivity index (χ4v) is 1.44. The van der Waals surface area contributed by atoms with Gasteiger partial charge in [0.05, 0.1) is 0 Å². The van der Waals surface area contributed by atoms with Crippen molar-refractivity contribution in [2.75, 3.05) is 0 Å². The number of carbonyl (C=O) groups is 1. The van der Waals surface area contributed by atoms with E-state index in [2.05, 4.69) is 4.98 Å². The van der Waals surface area contributed by atoms with Gasteiger partial charge in [0.2, 0.25) is 0 Å². The van der Waals surface area contributed by atoms with Crippen molar-refractivity contribution in [2.45, 2.75) is 6.92 Å². The molecule has 0 saturated heterocycles. The molecule has 0 bridgehead atoms. The highest BCUT2D eigenvalue weighted by atomic mass is 16.4. The first-order valence-corrected chi connectivity index (χ1v) is 4.27. The van der Waals surface area contributed by atoms with Gasteiger partial charge in [0.25, 0.3) is 0 Å². The molecule has 2 aromatic rings. The van der Waals surface area contributed by atoms with Crippen LogP contribution in [0.5, 0.6) is 0 Å². The van der Waals surface area contributed by atoms with Gasteiger partial charge in [-0.15, -0.1) is 0 Å². The number of aromatic nitrogens is 1. The summed E-state index contributed by atoms with van der Waals surface area (Å²) in [6.07, 6.45) is 1.61. The molecule has 0 amide bonds. The molecule has 14 heavy (non-hydrogen) atoms. The first-order chi connectivity index (χ1) is 6.68. The average Bonchev–Trinajstić information content (AvgIpc) is 2.17. The van der Waals surface area contributed by atoms with Gasteiger partial charge < -0.3 is 5.11 Å². The Kier molecular flexibility index (Phi) is 1.93. The van der Waals surface area contributed by atoms with E-state index in [-0.39, 0.29) is 5.69 Å². The van der Waals surface area contributed by atoms with Crippen LogP contribution in [0.25, 0.3) is 10.8 Å². The Morgan fingerprint density at radius 1 is 1.43 bits per heavy atom. The van der Waals surface area contributed by atoms with Crippen LogP contribution in [0.2, 0.25) is 0 Å². The first-order valence-electron chi connectivity index (χ1n) is 4.27. The maximum absolute atomic E-state index is 10.7. The van der Waals surface area contributed by atoms with Crippen molar-refractivity contribution in [1.82, 2.24) is 4.98 Å². The van der Waals surface area contributed by atoms with E-state index in [0.29, 0.717) is 0 Å². The van der Waals surface area contributed by atoms with Crippen LogP contribution in [-0.2, 0) is 0 Å². The predicted molar refractivity (Wildman–Crippen MR) is 53.4 cm³/mol. The maximum atomic E-state index is 10.7. The summed E-state index contributed by atoms with van der Waals surface area (Å²) in [5.41, 5.74) is 1.19. The van der Waals surface area contributed by atoms with Crippen LogP contribution < -0.4 is 0 Å². The molecular formula is C11H9NO2. The van der Waals surface area contributed by atoms with Crippen molar-refractivity contribution >= 4 is 16.7 Å². The van der Waals surface area contributed by atoms with Crippen LogP contribution in [0.15, 0.2) is 30.5 Å². The van der Waals surface area contributed by atoms with E-state index in [1.54, 1.807) is 12.3 Å². The number of rotatable bonds is 1. The van der Waals surface area contributed by atoms with E-state index >= 15 is 0 Å². The third-order valence-corrected chi connectivity index (χ3v) is 2.20. The SMILES string of the molecule is Cc1cccc2cc(C(=O)O)ncc12. The van der Waals surface area contributed by atoms with Crippen LogP contribution in [0, 0.1) is 6.92 Å². The Labute approximate surface area is 81.0 Å². The molecule has 1 N–H and O–H groups in total. The van der Waals surface area contributed by atoms with Crippen molar-refractivity contribution < 1.29 is 9.90 Å². The number of hydrogen-bond donors (Lipinski definition) is 1. The number of carboxylic acids is 1. The van der Waals surface area contributed by atoms with E-state index in [1.165, 1.54) is 0 Å². The van der Waals surface area contributed by atoms with Gasteiger partial charge in [0, 0.05) is 11.6 Å². The van der Waals surface area contributed by atoms with Gasteiger partial charge in [0.15, 0.2) is 0 Å². The molecule has 0 radical (unpaired) electrons. The van der Waals surface area contributed by atoms with E-state index in [9.17, 15) is 4.79 Å². The first kappa shape index (κ1) is 8.69. The monoisotopic (exact) mass is 187 g/mol. The van der Waals surface area contributed by atoms with Gasteiger partial charge >= 0.3 is 5.97 Å². The summed E-state index contributed by atoms with van der Waals surface area (Å²) in [5, 5.41) is 10.7. The van der Waals surface area contributed by atoms with E-state index < -0.39 is 5.97 Å². The number of nitrogens with zero attached hydrogens (tertiary/aromatic N) is 1. The highest BCUT2D eigenvalue weighted by Gasteiger charge is 2.05. The van der Waals surface area contributed by atoms with Crippen LogP contribution in [0.4, 0.5) is 0 Å². The van der Waals surface area contributed by atoms with Crippen LogP contribution in [0.3, 0.4) is 0 Å². The molecule has 1 aromatic heterocycles. The fourth-order valence-electron chi connectivity index (χ4n) is 1.44. The van der Waals surface area contributed by atoms with Crippen molar-refractivity contribution in [3.05, 3.63) is 41.7 Å². The molecule has 70 valence electrons. The molecule has 0 spiro atoms. The molecule has 0 aliphatic heterocycles. The van der Waals surface area contributed by atoms with E-state index in [1.807, 2.05) is 25.1 Å². The molecule has 0 atom stereocenters. The van der Waals surface area contributed by atoms with Gasteiger partial charge in [-0.3, -0.25) is 0 Å². The Balaban J connectivity index is 2.73. The topological polar surface area (TPSA) is 50.2 Å². The quantitative estimate of drug-likeness (QED) is 0.744. The Hall–Kier alpha value is -1.90. The minimum atomic E-state index is -0.992. The number of hydrogen-bond acceptors (Lipinski definition) is 2. The van der Waals surface area contributed by atoms with Gasteiger partial charge in [-0.1, -0.05) is 18.2 Å². The minimum Gasteiger partial charge on any atom is -0.477 e. The minimum absolute atomic E-state index is 0.0862. The van der Waals surface area contributed by atoms with Gasteiger partial charge in [0.1, 0.15) is 5.69 Å². The summed E-state index contributed by atoms with van der Waals surface area (Å²) >= 11 is 0. The van der Waals surface area contributed by atoms with Gasteiger partial charge in [-0.2, -0.15) is 0 Å². The normalized spacial score (nSPS) is 10.4. The maximum Gasteiger partial charge on any atom is 0.354 e. The molecule has 3 nitrogen and oxygen atoms in total. The second kappa shape index (κ2) is 3.10. The van der Waals surface area contributed by atoms with Crippen molar-refractivity contribution in [2.24, 2.45) is 0 Å². The lowest BCUT2D eigenvalue weighted by molar-refractivity contribution is 0.0690. The Morgan fingerprint density at radius 2 is 2.21 bits per heavy atom. The zero-order valence-electron chi connectivity index (χ0n) is 7.69. The molecular weight excluding hydrogens is 178 g/mol. The molecule has 2 rings (SSSR count). The second-order valence-electron chi connectivity index (χ2n) is 3.17. The standard InChI is InChI=1S/C11H9NO2/c1-7-3-2-4-8-5-10(11(13)14)12-6-9(7)8/h2-6H,1H3,(H,13,14). The van der Waals surface area contributed by atoms with Crippen molar-refractivity contribution in [3.8, 4) is 0 Å². The van der Waals surface area contributed by atoms with Crippen LogP contribution >= 0.6 is 0 Å². The van der Waals surface area contributed by atoms with Gasteiger partial charge in [-0.05, 0) is 23.9 Å². The molecule has 3 heteroatoms. The number of fused-ring (bicyclic) bond motifs is 1. The summed E-state index contributed by atoms with van der Waals surface area (Å²) in [7, 11) is 0. The number of aryl methyl sites for hydroxylation is 1. The molecule has 0 unspecified atom stereocenters. The third-order valence-electron chi connectivity index (χ3n) is 2.20. The summed E-state index contributed by atoms with van der Waals surface area (Å²) in [6.45, 7) is 1.98. The molecule has 0 aliphatic rings. The molecule has 1 aromatic carbocycles. The predicted octanol–water partition coefficient (Wildman–Crippen LogP) is 2.24. The number of aromatic carboxylic acids is 1. The molecule has 0 saturated carbocycles. The lowest BCUT2D eigenvalue weighted by Gasteiger charge is -2.01. The molecule has 1 heterocycles.